The summed E-state index contributed by atoms with van der Waals surface area (Å²) in [4.78, 5) is 14.2. The van der Waals surface area contributed by atoms with Gasteiger partial charge in [0, 0.05) is 25.2 Å². The summed E-state index contributed by atoms with van der Waals surface area (Å²) in [5, 5.41) is 2.94. The molecule has 2 atom stereocenters. The minimum Gasteiger partial charge on any atom is -0.378 e. The Morgan fingerprint density at radius 2 is 2.15 bits per heavy atom. The van der Waals surface area contributed by atoms with Crippen LogP contribution in [0.5, 0.6) is 0 Å². The molecule has 5 nitrogen and oxygen atoms in total. The van der Waals surface area contributed by atoms with E-state index >= 15 is 0 Å². The Bertz CT molecular complexity index is 300. The van der Waals surface area contributed by atoms with E-state index in [2.05, 4.69) is 24.1 Å². The number of amides is 1. The fourth-order valence-corrected chi connectivity index (χ4v) is 2.25. The van der Waals surface area contributed by atoms with Crippen molar-refractivity contribution in [2.45, 2.75) is 45.7 Å². The van der Waals surface area contributed by atoms with Crippen molar-refractivity contribution >= 4 is 18.3 Å². The van der Waals surface area contributed by atoms with Crippen molar-refractivity contribution in [3.8, 4) is 0 Å². The lowest BCUT2D eigenvalue weighted by atomic mass is 9.99. The van der Waals surface area contributed by atoms with Gasteiger partial charge in [-0.05, 0) is 19.8 Å². The van der Waals surface area contributed by atoms with E-state index in [0.717, 1.165) is 32.7 Å². The molecule has 1 fully saturated rings. The maximum atomic E-state index is 11.9. The van der Waals surface area contributed by atoms with Crippen LogP contribution in [0.15, 0.2) is 0 Å². The molecule has 1 aliphatic rings. The fourth-order valence-electron chi connectivity index (χ4n) is 2.25. The maximum absolute atomic E-state index is 11.9. The molecular formula is C14H30ClN3O2. The molecule has 0 aromatic heterocycles. The van der Waals surface area contributed by atoms with E-state index in [1.807, 2.05) is 13.8 Å². The molecule has 6 heteroatoms. The van der Waals surface area contributed by atoms with E-state index in [1.165, 1.54) is 0 Å². The lowest BCUT2D eigenvalue weighted by molar-refractivity contribution is -0.123. The first-order valence-corrected chi connectivity index (χ1v) is 7.24. The van der Waals surface area contributed by atoms with E-state index < -0.39 is 6.04 Å². The smallest absolute Gasteiger partial charge is 0.237 e. The Labute approximate surface area is 129 Å². The quantitative estimate of drug-likeness (QED) is 0.768. The topological polar surface area (TPSA) is 67.6 Å². The second-order valence-electron chi connectivity index (χ2n) is 6.05. The standard InChI is InChI=1S/C14H29N3O2.ClH/c1-5-11(2)12(15)13(18)16-6-7-17-8-9-19-10-14(17,3)4;/h11-12H,5-10,15H2,1-4H3,(H,16,18);1H. The molecule has 0 radical (unpaired) electrons. The molecule has 0 aliphatic carbocycles. The highest BCUT2D eigenvalue weighted by Gasteiger charge is 2.30. The number of carbonyl (C=O) groups is 1. The van der Waals surface area contributed by atoms with Gasteiger partial charge < -0.3 is 15.8 Å². The van der Waals surface area contributed by atoms with E-state index in [1.54, 1.807) is 0 Å². The zero-order valence-electron chi connectivity index (χ0n) is 13.1. The predicted octanol–water partition coefficient (Wildman–Crippen LogP) is 1.01. The van der Waals surface area contributed by atoms with Crippen LogP contribution >= 0.6 is 12.4 Å². The molecule has 120 valence electrons. The largest absolute Gasteiger partial charge is 0.378 e. The van der Waals surface area contributed by atoms with E-state index in [4.69, 9.17) is 10.5 Å². The van der Waals surface area contributed by atoms with Gasteiger partial charge in [0.15, 0.2) is 0 Å². The monoisotopic (exact) mass is 307 g/mol. The number of nitrogens with zero attached hydrogens (tertiary/aromatic N) is 1. The molecule has 1 heterocycles. The van der Waals surface area contributed by atoms with Crippen LogP contribution in [0.3, 0.4) is 0 Å². The van der Waals surface area contributed by atoms with Crippen LogP contribution in [0, 0.1) is 5.92 Å². The molecule has 3 N–H and O–H groups in total. The molecule has 20 heavy (non-hydrogen) atoms. The van der Waals surface area contributed by atoms with Gasteiger partial charge in [0.05, 0.1) is 19.3 Å². The first kappa shape index (κ1) is 19.6. The number of hydrogen-bond donors (Lipinski definition) is 2. The van der Waals surface area contributed by atoms with Gasteiger partial charge in [0.1, 0.15) is 0 Å². The molecule has 0 saturated carbocycles. The van der Waals surface area contributed by atoms with Crippen molar-refractivity contribution in [2.75, 3.05) is 32.8 Å². The number of nitrogens with one attached hydrogen (secondary N) is 1. The molecule has 1 aliphatic heterocycles. The summed E-state index contributed by atoms with van der Waals surface area (Å²) in [5.41, 5.74) is 5.94. The Hall–Kier alpha value is -0.360. The minimum absolute atomic E-state index is 0. The third-order valence-electron chi connectivity index (χ3n) is 4.06. The summed E-state index contributed by atoms with van der Waals surface area (Å²) < 4.78 is 5.48. The number of ether oxygens (including phenoxy) is 1. The summed E-state index contributed by atoms with van der Waals surface area (Å²) in [6, 6.07) is -0.400. The van der Waals surface area contributed by atoms with Crippen LogP contribution < -0.4 is 11.1 Å². The average molecular weight is 308 g/mol. The molecule has 0 aromatic rings. The van der Waals surface area contributed by atoms with Gasteiger partial charge in [-0.2, -0.15) is 0 Å². The van der Waals surface area contributed by atoms with Gasteiger partial charge >= 0.3 is 0 Å². The molecule has 0 spiro atoms. The molecule has 1 saturated heterocycles. The van der Waals surface area contributed by atoms with Crippen molar-refractivity contribution in [2.24, 2.45) is 11.7 Å². The maximum Gasteiger partial charge on any atom is 0.237 e. The zero-order chi connectivity index (χ0) is 14.5. The van der Waals surface area contributed by atoms with Crippen LogP contribution in [0.4, 0.5) is 0 Å². The Kier molecular flexibility index (Phi) is 8.66. The van der Waals surface area contributed by atoms with Crippen molar-refractivity contribution < 1.29 is 9.53 Å². The number of morpholine rings is 1. The third-order valence-corrected chi connectivity index (χ3v) is 4.06. The number of hydrogen-bond acceptors (Lipinski definition) is 4. The van der Waals surface area contributed by atoms with Crippen LogP contribution in [0.2, 0.25) is 0 Å². The third kappa shape index (κ3) is 5.56. The summed E-state index contributed by atoms with van der Waals surface area (Å²) in [7, 11) is 0. The van der Waals surface area contributed by atoms with Gasteiger partial charge in [0.25, 0.3) is 0 Å². The van der Waals surface area contributed by atoms with Crippen LogP contribution in [0.25, 0.3) is 0 Å². The lowest BCUT2D eigenvalue weighted by Crippen LogP contribution is -2.55. The Morgan fingerprint density at radius 1 is 1.50 bits per heavy atom. The first-order valence-electron chi connectivity index (χ1n) is 7.24. The fraction of sp³-hybridized carbons (Fsp3) is 0.929. The van der Waals surface area contributed by atoms with E-state index in [-0.39, 0.29) is 29.8 Å². The predicted molar refractivity (Wildman–Crippen MR) is 84.2 cm³/mol. The molecule has 1 rings (SSSR count). The highest BCUT2D eigenvalue weighted by atomic mass is 35.5. The van der Waals surface area contributed by atoms with Crippen LogP contribution in [-0.2, 0) is 9.53 Å². The molecule has 0 aromatic carbocycles. The highest BCUT2D eigenvalue weighted by Crippen LogP contribution is 2.17. The van der Waals surface area contributed by atoms with Gasteiger partial charge in [0.2, 0.25) is 5.91 Å². The Morgan fingerprint density at radius 3 is 2.70 bits per heavy atom. The van der Waals surface area contributed by atoms with Gasteiger partial charge in [-0.25, -0.2) is 0 Å². The molecule has 0 bridgehead atoms. The van der Waals surface area contributed by atoms with Crippen LogP contribution in [-0.4, -0.2) is 55.2 Å². The molecule has 2 unspecified atom stereocenters. The normalized spacial score (nSPS) is 21.6. The van der Waals surface area contributed by atoms with Gasteiger partial charge in [-0.1, -0.05) is 20.3 Å². The van der Waals surface area contributed by atoms with Crippen molar-refractivity contribution in [3.05, 3.63) is 0 Å². The summed E-state index contributed by atoms with van der Waals surface area (Å²) >= 11 is 0. The summed E-state index contributed by atoms with van der Waals surface area (Å²) in [5.74, 6) is 0.181. The zero-order valence-corrected chi connectivity index (χ0v) is 14.0. The van der Waals surface area contributed by atoms with E-state index in [9.17, 15) is 4.79 Å². The molecule has 1 amide bonds. The lowest BCUT2D eigenvalue weighted by Gasteiger charge is -2.42. The highest BCUT2D eigenvalue weighted by molar-refractivity contribution is 5.85. The second kappa shape index (κ2) is 8.82. The van der Waals surface area contributed by atoms with Crippen LogP contribution in [0.1, 0.15) is 34.1 Å². The number of rotatable bonds is 6. The van der Waals surface area contributed by atoms with Gasteiger partial charge in [-0.15, -0.1) is 12.4 Å². The number of halogens is 1. The number of nitrogens with two attached hydrogens (primary N) is 1. The summed E-state index contributed by atoms with van der Waals surface area (Å²) in [6.45, 7) is 12.3. The second-order valence-corrected chi connectivity index (χ2v) is 6.05. The van der Waals surface area contributed by atoms with Crippen molar-refractivity contribution in [3.63, 3.8) is 0 Å². The molecular weight excluding hydrogens is 278 g/mol. The first-order chi connectivity index (χ1) is 8.88. The Balaban J connectivity index is 0.00000361. The average Bonchev–Trinajstić information content (AvgIpc) is 2.38. The van der Waals surface area contributed by atoms with Crippen molar-refractivity contribution in [1.82, 2.24) is 10.2 Å². The number of carbonyl (C=O) groups excluding carboxylic acids is 1. The van der Waals surface area contributed by atoms with Gasteiger partial charge in [-0.3, -0.25) is 9.69 Å². The van der Waals surface area contributed by atoms with E-state index in [0.29, 0.717) is 6.54 Å². The SMILES string of the molecule is CCC(C)C(N)C(=O)NCCN1CCOCC1(C)C.Cl. The minimum atomic E-state index is -0.400. The summed E-state index contributed by atoms with van der Waals surface area (Å²) in [6.07, 6.45) is 0.922. The van der Waals surface area contributed by atoms with Crippen molar-refractivity contribution in [1.29, 1.82) is 0 Å².